The number of methoxy groups -OCH3 is 1. The van der Waals surface area contributed by atoms with E-state index in [4.69, 9.17) is 5.73 Å². The second kappa shape index (κ2) is 4.14. The largest absolute Gasteiger partial charge is 0.469 e. The maximum atomic E-state index is 11.3. The summed E-state index contributed by atoms with van der Waals surface area (Å²) in [5.41, 5.74) is 6.58. The molecule has 0 aliphatic rings. The molecule has 0 saturated carbocycles. The zero-order chi connectivity index (χ0) is 12.5. The molecule has 0 fully saturated rings. The van der Waals surface area contributed by atoms with Gasteiger partial charge < -0.3 is 10.5 Å². The van der Waals surface area contributed by atoms with Crippen molar-refractivity contribution >= 4 is 11.6 Å². The number of ether oxygens (including phenoxy) is 1. The van der Waals surface area contributed by atoms with Crippen LogP contribution in [0.1, 0.15) is 19.0 Å². The highest BCUT2D eigenvalue weighted by Crippen LogP contribution is 2.20. The Balaban J connectivity index is 2.33. The van der Waals surface area contributed by atoms with Crippen molar-refractivity contribution in [3.05, 3.63) is 30.2 Å². The van der Waals surface area contributed by atoms with Gasteiger partial charge in [-0.3, -0.25) is 4.79 Å². The molecule has 0 aliphatic heterocycles. The van der Waals surface area contributed by atoms with Gasteiger partial charge in [-0.05, 0) is 19.1 Å². The average molecular weight is 234 g/mol. The molecule has 0 aromatic carbocycles. The molecule has 6 heteroatoms. The maximum Gasteiger partial charge on any atom is 0.307 e. The van der Waals surface area contributed by atoms with Crippen molar-refractivity contribution in [1.82, 2.24) is 14.6 Å². The smallest absolute Gasteiger partial charge is 0.307 e. The van der Waals surface area contributed by atoms with Crippen molar-refractivity contribution in [1.29, 1.82) is 0 Å². The van der Waals surface area contributed by atoms with Gasteiger partial charge in [-0.1, -0.05) is 0 Å². The number of hydrogen-bond acceptors (Lipinski definition) is 5. The monoisotopic (exact) mass is 234 g/mol. The molecule has 1 atom stereocenters. The summed E-state index contributed by atoms with van der Waals surface area (Å²) in [6.45, 7) is 1.75. The van der Waals surface area contributed by atoms with E-state index in [0.29, 0.717) is 5.69 Å². The van der Waals surface area contributed by atoms with E-state index in [1.165, 1.54) is 7.11 Å². The number of nitrogens with two attached hydrogens (primary N) is 1. The number of aromatic nitrogens is 3. The Morgan fingerprint density at radius 1 is 1.59 bits per heavy atom. The maximum absolute atomic E-state index is 11.3. The van der Waals surface area contributed by atoms with Crippen LogP contribution in [0.4, 0.5) is 0 Å². The van der Waals surface area contributed by atoms with Crippen molar-refractivity contribution in [2.24, 2.45) is 5.73 Å². The van der Waals surface area contributed by atoms with E-state index < -0.39 is 5.54 Å². The lowest BCUT2D eigenvalue weighted by Gasteiger charge is -2.22. The molecular weight excluding hydrogens is 220 g/mol. The molecule has 2 heterocycles. The Labute approximate surface area is 98.4 Å². The number of hydrogen-bond donors (Lipinski definition) is 1. The lowest BCUT2D eigenvalue weighted by molar-refractivity contribution is -0.142. The number of carbonyl (C=O) groups excluding carboxylic acids is 1. The number of rotatable bonds is 3. The molecule has 0 spiro atoms. The van der Waals surface area contributed by atoms with Crippen LogP contribution < -0.4 is 5.73 Å². The summed E-state index contributed by atoms with van der Waals surface area (Å²) < 4.78 is 6.24. The van der Waals surface area contributed by atoms with Crippen LogP contribution in [-0.4, -0.2) is 27.7 Å². The van der Waals surface area contributed by atoms with E-state index in [0.717, 1.165) is 5.65 Å². The third-order valence-corrected chi connectivity index (χ3v) is 2.58. The Morgan fingerprint density at radius 3 is 3.06 bits per heavy atom. The molecule has 0 amide bonds. The van der Waals surface area contributed by atoms with Gasteiger partial charge in [0.15, 0.2) is 5.65 Å². The second-order valence-corrected chi connectivity index (χ2v) is 4.12. The predicted molar refractivity (Wildman–Crippen MR) is 61.2 cm³/mol. The van der Waals surface area contributed by atoms with Crippen LogP contribution in [0.2, 0.25) is 0 Å². The Hall–Kier alpha value is -1.95. The molecule has 0 bridgehead atoms. The van der Waals surface area contributed by atoms with Gasteiger partial charge in [0.05, 0.1) is 24.8 Å². The summed E-state index contributed by atoms with van der Waals surface area (Å²) in [6.07, 6.45) is 3.46. The van der Waals surface area contributed by atoms with E-state index in [2.05, 4.69) is 14.8 Å². The highest BCUT2D eigenvalue weighted by Gasteiger charge is 2.27. The minimum Gasteiger partial charge on any atom is -0.469 e. The molecule has 0 aliphatic carbocycles. The van der Waals surface area contributed by atoms with Gasteiger partial charge in [0, 0.05) is 12.4 Å². The van der Waals surface area contributed by atoms with Gasteiger partial charge in [0.25, 0.3) is 0 Å². The Morgan fingerprint density at radius 2 is 2.35 bits per heavy atom. The molecule has 0 unspecified atom stereocenters. The molecule has 6 nitrogen and oxygen atoms in total. The number of carbonyl (C=O) groups is 1. The molecule has 0 radical (unpaired) electrons. The summed E-state index contributed by atoms with van der Waals surface area (Å²) in [7, 11) is 1.34. The van der Waals surface area contributed by atoms with Crippen LogP contribution in [0, 0.1) is 0 Å². The second-order valence-electron chi connectivity index (χ2n) is 4.12. The van der Waals surface area contributed by atoms with Crippen molar-refractivity contribution in [2.75, 3.05) is 7.11 Å². The summed E-state index contributed by atoms with van der Waals surface area (Å²) in [4.78, 5) is 15.4. The third-order valence-electron chi connectivity index (χ3n) is 2.58. The average Bonchev–Trinajstić information content (AvgIpc) is 2.75. The van der Waals surface area contributed by atoms with Crippen molar-refractivity contribution in [3.8, 4) is 0 Å². The quantitative estimate of drug-likeness (QED) is 0.780. The van der Waals surface area contributed by atoms with Gasteiger partial charge in [-0.25, -0.2) is 9.50 Å². The van der Waals surface area contributed by atoms with Gasteiger partial charge >= 0.3 is 5.97 Å². The fourth-order valence-corrected chi connectivity index (χ4v) is 1.58. The lowest BCUT2D eigenvalue weighted by Crippen LogP contribution is -2.37. The minimum absolute atomic E-state index is 0.0801. The van der Waals surface area contributed by atoms with E-state index >= 15 is 0 Å². The van der Waals surface area contributed by atoms with E-state index in [9.17, 15) is 4.79 Å². The van der Waals surface area contributed by atoms with Crippen LogP contribution in [0.5, 0.6) is 0 Å². The fourth-order valence-electron chi connectivity index (χ4n) is 1.58. The molecule has 17 heavy (non-hydrogen) atoms. The Bertz CT molecular complexity index is 547. The highest BCUT2D eigenvalue weighted by atomic mass is 16.5. The summed E-state index contributed by atoms with van der Waals surface area (Å²) in [5.74, 6) is -0.359. The Kier molecular flexibility index (Phi) is 2.81. The molecule has 2 N–H and O–H groups in total. The normalized spacial score (nSPS) is 14.5. The number of nitrogens with zero attached hydrogens (tertiary/aromatic N) is 3. The minimum atomic E-state index is -0.856. The van der Waals surface area contributed by atoms with Crippen LogP contribution in [0.25, 0.3) is 5.65 Å². The third kappa shape index (κ3) is 2.26. The zero-order valence-corrected chi connectivity index (χ0v) is 9.75. The summed E-state index contributed by atoms with van der Waals surface area (Å²) >= 11 is 0. The standard InChI is InChI=1S/C11H14N4O2/c1-11(12,7-10(16)17-2)8-3-4-9-13-5-6-15(9)14-8/h3-6H,7,12H2,1-2H3/t11-/m0/s1. The van der Waals surface area contributed by atoms with Crippen molar-refractivity contribution in [2.45, 2.75) is 18.9 Å². The predicted octanol–water partition coefficient (Wildman–Crippen LogP) is 0.466. The number of fused-ring (bicyclic) bond motifs is 1. The SMILES string of the molecule is COC(=O)C[C@](C)(N)c1ccc2nccn2n1. The first-order valence-corrected chi connectivity index (χ1v) is 5.19. The zero-order valence-electron chi connectivity index (χ0n) is 9.75. The van der Waals surface area contributed by atoms with E-state index in [1.807, 2.05) is 6.07 Å². The van der Waals surface area contributed by atoms with Gasteiger partial charge in [-0.2, -0.15) is 5.10 Å². The van der Waals surface area contributed by atoms with Crippen LogP contribution in [0.15, 0.2) is 24.5 Å². The lowest BCUT2D eigenvalue weighted by atomic mass is 9.95. The van der Waals surface area contributed by atoms with Crippen molar-refractivity contribution < 1.29 is 9.53 Å². The summed E-state index contributed by atoms with van der Waals surface area (Å²) in [5, 5.41) is 4.32. The first-order valence-electron chi connectivity index (χ1n) is 5.19. The van der Waals surface area contributed by atoms with Crippen LogP contribution in [0.3, 0.4) is 0 Å². The van der Waals surface area contributed by atoms with Gasteiger partial charge in [-0.15, -0.1) is 0 Å². The molecule has 2 aromatic heterocycles. The summed E-state index contributed by atoms with van der Waals surface area (Å²) in [6, 6.07) is 3.58. The van der Waals surface area contributed by atoms with E-state index in [1.54, 1.807) is 29.9 Å². The van der Waals surface area contributed by atoms with Gasteiger partial charge in [0.1, 0.15) is 0 Å². The first kappa shape index (κ1) is 11.5. The van der Waals surface area contributed by atoms with Crippen LogP contribution in [-0.2, 0) is 15.1 Å². The molecular formula is C11H14N4O2. The molecule has 2 rings (SSSR count). The number of imidazole rings is 1. The molecule has 0 saturated heterocycles. The molecule has 90 valence electrons. The fraction of sp³-hybridized carbons (Fsp3) is 0.364. The van der Waals surface area contributed by atoms with Crippen LogP contribution >= 0.6 is 0 Å². The topological polar surface area (TPSA) is 82.5 Å². The van der Waals surface area contributed by atoms with Gasteiger partial charge in [0.2, 0.25) is 0 Å². The molecule has 2 aromatic rings. The number of esters is 1. The first-order chi connectivity index (χ1) is 8.03. The van der Waals surface area contributed by atoms with E-state index in [-0.39, 0.29) is 12.4 Å². The van der Waals surface area contributed by atoms with Crippen molar-refractivity contribution in [3.63, 3.8) is 0 Å². The highest BCUT2D eigenvalue weighted by molar-refractivity contribution is 5.70.